The number of hydrogen-bond donors (Lipinski definition) is 0. The highest BCUT2D eigenvalue weighted by Gasteiger charge is 2.32. The molecule has 0 saturated carbocycles. The maximum atomic E-state index is 12.7. The molecule has 0 saturated heterocycles. The van der Waals surface area contributed by atoms with Crippen LogP contribution in [0.5, 0.6) is 0 Å². The summed E-state index contributed by atoms with van der Waals surface area (Å²) in [6.07, 6.45) is 0. The van der Waals surface area contributed by atoms with Crippen LogP contribution in [0.2, 0.25) is 0 Å². The molecule has 0 bridgehead atoms. The highest BCUT2D eigenvalue weighted by molar-refractivity contribution is 7.62. The normalized spacial score (nSPS) is 11.9. The zero-order chi connectivity index (χ0) is 14.9. The molecule has 1 heterocycles. The lowest BCUT2D eigenvalue weighted by atomic mass is 10.1. The van der Waals surface area contributed by atoms with Gasteiger partial charge in [0.2, 0.25) is 5.50 Å². The van der Waals surface area contributed by atoms with Crippen LogP contribution in [-0.2, 0) is 13.6 Å². The first-order valence-corrected chi connectivity index (χ1v) is 8.03. The fourth-order valence-electron chi connectivity index (χ4n) is 2.32. The summed E-state index contributed by atoms with van der Waals surface area (Å²) >= 11 is 0. The van der Waals surface area contributed by atoms with Crippen molar-refractivity contribution in [3.05, 3.63) is 54.6 Å². The van der Waals surface area contributed by atoms with Crippen LogP contribution in [0.15, 0.2) is 59.0 Å². The topological polar surface area (TPSA) is 48.7 Å². The van der Waals surface area contributed by atoms with Crippen molar-refractivity contribution in [2.24, 2.45) is 0 Å². The molecule has 0 amide bonds. The van der Waals surface area contributed by atoms with Crippen molar-refractivity contribution in [1.29, 1.82) is 0 Å². The van der Waals surface area contributed by atoms with Gasteiger partial charge in [-0.05, 0) is 0 Å². The summed E-state index contributed by atoms with van der Waals surface area (Å²) < 4.78 is 28.7. The number of rotatable bonds is 4. The van der Waals surface area contributed by atoms with Gasteiger partial charge in [0.15, 0.2) is 0 Å². The van der Waals surface area contributed by atoms with Gasteiger partial charge in [-0.25, -0.2) is 0 Å². The van der Waals surface area contributed by atoms with E-state index in [1.54, 1.807) is 0 Å². The number of fused-ring (bicyclic) bond motifs is 1. The summed E-state index contributed by atoms with van der Waals surface area (Å²) in [6.45, 7) is 0. The van der Waals surface area contributed by atoms with Gasteiger partial charge in [0, 0.05) is 30.6 Å². The Morgan fingerprint density at radius 3 is 2.05 bits per heavy atom. The molecule has 3 aromatic rings. The van der Waals surface area contributed by atoms with Crippen LogP contribution in [0.25, 0.3) is 22.1 Å². The van der Waals surface area contributed by atoms with Gasteiger partial charge < -0.3 is 13.5 Å². The fraction of sp³-hybridized carbons (Fsp3) is 0.125. The molecule has 5 heteroatoms. The summed E-state index contributed by atoms with van der Waals surface area (Å²) in [6, 6.07) is 17.2. The fourth-order valence-corrected chi connectivity index (χ4v) is 3.50. The standard InChI is InChI=1S/C16H15O4P/c1-18-21(17,19-2)16-14-11-7-6-10-13(14)15(20-16)12-8-4-3-5-9-12/h3-11H,1-2H3. The first-order chi connectivity index (χ1) is 10.2. The Morgan fingerprint density at radius 2 is 1.43 bits per heavy atom. The number of benzene rings is 2. The predicted octanol–water partition coefficient (Wildman–Crippen LogP) is 4.21. The molecule has 4 nitrogen and oxygen atoms in total. The Balaban J connectivity index is 2.32. The van der Waals surface area contributed by atoms with Crippen molar-refractivity contribution in [2.75, 3.05) is 14.2 Å². The molecule has 0 unspecified atom stereocenters. The summed E-state index contributed by atoms with van der Waals surface area (Å²) in [4.78, 5) is 0. The zero-order valence-electron chi connectivity index (χ0n) is 11.8. The largest absolute Gasteiger partial charge is 0.447 e. The highest BCUT2D eigenvalue weighted by atomic mass is 31.2. The molecule has 0 fully saturated rings. The lowest BCUT2D eigenvalue weighted by Gasteiger charge is -2.10. The maximum absolute atomic E-state index is 12.7. The third kappa shape index (κ3) is 2.32. The Kier molecular flexibility index (Phi) is 3.68. The quantitative estimate of drug-likeness (QED) is 0.677. The predicted molar refractivity (Wildman–Crippen MR) is 82.9 cm³/mol. The Labute approximate surface area is 122 Å². The molecule has 0 aliphatic rings. The second-order valence-electron chi connectivity index (χ2n) is 4.51. The van der Waals surface area contributed by atoms with E-state index in [0.29, 0.717) is 5.76 Å². The van der Waals surface area contributed by atoms with Gasteiger partial charge in [0.05, 0.1) is 0 Å². The van der Waals surface area contributed by atoms with E-state index >= 15 is 0 Å². The van der Waals surface area contributed by atoms with Gasteiger partial charge in [-0.15, -0.1) is 0 Å². The van der Waals surface area contributed by atoms with Gasteiger partial charge in [-0.3, -0.25) is 4.57 Å². The van der Waals surface area contributed by atoms with Crippen LogP contribution in [0.4, 0.5) is 0 Å². The molecule has 0 aliphatic carbocycles. The summed E-state index contributed by atoms with van der Waals surface area (Å²) in [5, 5.41) is 1.62. The van der Waals surface area contributed by atoms with Gasteiger partial charge in [-0.1, -0.05) is 54.6 Å². The molecule has 0 atom stereocenters. The molecule has 21 heavy (non-hydrogen) atoms. The Bertz CT molecular complexity index is 800. The molecule has 108 valence electrons. The summed E-state index contributed by atoms with van der Waals surface area (Å²) in [5.41, 5.74) is 1.15. The van der Waals surface area contributed by atoms with Crippen LogP contribution in [0.3, 0.4) is 0 Å². The SMILES string of the molecule is COP(=O)(OC)c1oc(-c2ccccc2)c2ccccc12. The number of hydrogen-bond acceptors (Lipinski definition) is 4. The van der Waals surface area contributed by atoms with Crippen molar-refractivity contribution in [1.82, 2.24) is 0 Å². The molecular formula is C16H15O4P. The smallest absolute Gasteiger partial charge is 0.396 e. The minimum absolute atomic E-state index is 0.238. The summed E-state index contributed by atoms with van der Waals surface area (Å²) in [7, 11) is -0.743. The molecule has 0 spiro atoms. The van der Waals surface area contributed by atoms with E-state index < -0.39 is 7.60 Å². The minimum Gasteiger partial charge on any atom is -0.447 e. The molecule has 1 aromatic heterocycles. The average molecular weight is 302 g/mol. The zero-order valence-corrected chi connectivity index (χ0v) is 12.7. The van der Waals surface area contributed by atoms with Crippen LogP contribution >= 0.6 is 7.60 Å². The second kappa shape index (κ2) is 5.49. The van der Waals surface area contributed by atoms with Crippen molar-refractivity contribution in [3.8, 4) is 11.3 Å². The average Bonchev–Trinajstić information content (AvgIpc) is 2.95. The van der Waals surface area contributed by atoms with Crippen LogP contribution in [-0.4, -0.2) is 14.2 Å². The first kappa shape index (κ1) is 14.1. The number of furan rings is 1. The monoisotopic (exact) mass is 302 g/mol. The van der Waals surface area contributed by atoms with E-state index in [4.69, 9.17) is 13.5 Å². The third-order valence-corrected chi connectivity index (χ3v) is 5.16. The molecule has 0 radical (unpaired) electrons. The molecule has 2 aromatic carbocycles. The van der Waals surface area contributed by atoms with Crippen LogP contribution in [0, 0.1) is 0 Å². The van der Waals surface area contributed by atoms with E-state index in [-0.39, 0.29) is 5.50 Å². The van der Waals surface area contributed by atoms with Crippen LogP contribution in [0.1, 0.15) is 0 Å². The van der Waals surface area contributed by atoms with E-state index in [9.17, 15) is 4.57 Å². The third-order valence-electron chi connectivity index (χ3n) is 3.37. The first-order valence-electron chi connectivity index (χ1n) is 6.48. The van der Waals surface area contributed by atoms with Crippen LogP contribution < -0.4 is 5.50 Å². The van der Waals surface area contributed by atoms with E-state index in [1.807, 2.05) is 54.6 Å². The van der Waals surface area contributed by atoms with Gasteiger partial charge in [-0.2, -0.15) is 0 Å². The Morgan fingerprint density at radius 1 is 0.857 bits per heavy atom. The summed E-state index contributed by atoms with van der Waals surface area (Å²) in [5.74, 6) is 0.663. The molecule has 0 N–H and O–H groups in total. The van der Waals surface area contributed by atoms with Gasteiger partial charge in [0.25, 0.3) is 0 Å². The molecule has 0 aliphatic heterocycles. The van der Waals surface area contributed by atoms with Crippen molar-refractivity contribution >= 4 is 23.9 Å². The van der Waals surface area contributed by atoms with Crippen molar-refractivity contribution in [2.45, 2.75) is 0 Å². The lowest BCUT2D eigenvalue weighted by molar-refractivity contribution is 0.282. The Hall–Kier alpha value is -1.87. The van der Waals surface area contributed by atoms with Crippen molar-refractivity contribution in [3.63, 3.8) is 0 Å². The van der Waals surface area contributed by atoms with Crippen molar-refractivity contribution < 1.29 is 18.0 Å². The minimum atomic E-state index is -3.45. The van der Waals surface area contributed by atoms with E-state index in [2.05, 4.69) is 0 Å². The molecular weight excluding hydrogens is 287 g/mol. The highest BCUT2D eigenvalue weighted by Crippen LogP contribution is 2.49. The van der Waals surface area contributed by atoms with Gasteiger partial charge >= 0.3 is 7.60 Å². The van der Waals surface area contributed by atoms with Gasteiger partial charge in [0.1, 0.15) is 5.76 Å². The molecule has 3 rings (SSSR count). The maximum Gasteiger partial charge on any atom is 0.396 e. The van der Waals surface area contributed by atoms with E-state index in [0.717, 1.165) is 16.3 Å². The second-order valence-corrected chi connectivity index (χ2v) is 6.64. The lowest BCUT2D eigenvalue weighted by Crippen LogP contribution is -2.05. The van der Waals surface area contributed by atoms with E-state index in [1.165, 1.54) is 14.2 Å².